The highest BCUT2D eigenvalue weighted by molar-refractivity contribution is 5.28. The molecule has 0 aliphatic rings. The normalized spacial score (nSPS) is 12.7. The SMILES string of the molecule is Cc1cc(F)ccc1CC(O)c1ccnn1C. The lowest BCUT2D eigenvalue weighted by Crippen LogP contribution is -2.08. The van der Waals surface area contributed by atoms with E-state index >= 15 is 0 Å². The summed E-state index contributed by atoms with van der Waals surface area (Å²) >= 11 is 0. The van der Waals surface area contributed by atoms with Crippen LogP contribution in [0.3, 0.4) is 0 Å². The van der Waals surface area contributed by atoms with E-state index in [1.54, 1.807) is 30.1 Å². The Bertz CT molecular complexity index is 522. The van der Waals surface area contributed by atoms with E-state index in [4.69, 9.17) is 0 Å². The molecule has 0 saturated heterocycles. The average Bonchev–Trinajstić information content (AvgIpc) is 2.68. The summed E-state index contributed by atoms with van der Waals surface area (Å²) in [5.41, 5.74) is 2.56. The first-order chi connectivity index (χ1) is 8.08. The summed E-state index contributed by atoms with van der Waals surface area (Å²) in [5, 5.41) is 14.1. The van der Waals surface area contributed by atoms with Crippen molar-refractivity contribution >= 4 is 0 Å². The van der Waals surface area contributed by atoms with Crippen molar-refractivity contribution in [2.45, 2.75) is 19.4 Å². The van der Waals surface area contributed by atoms with Crippen LogP contribution in [0.25, 0.3) is 0 Å². The van der Waals surface area contributed by atoms with E-state index in [1.165, 1.54) is 12.1 Å². The van der Waals surface area contributed by atoms with E-state index < -0.39 is 6.10 Å². The number of halogens is 1. The average molecular weight is 234 g/mol. The molecule has 1 atom stereocenters. The van der Waals surface area contributed by atoms with Gasteiger partial charge in [0.15, 0.2) is 0 Å². The van der Waals surface area contributed by atoms with Gasteiger partial charge in [0.05, 0.1) is 11.8 Å². The molecule has 1 N–H and O–H groups in total. The van der Waals surface area contributed by atoms with Crippen molar-refractivity contribution in [1.29, 1.82) is 0 Å². The van der Waals surface area contributed by atoms with E-state index in [2.05, 4.69) is 5.10 Å². The van der Waals surface area contributed by atoms with Crippen LogP contribution >= 0.6 is 0 Å². The summed E-state index contributed by atoms with van der Waals surface area (Å²) in [4.78, 5) is 0. The van der Waals surface area contributed by atoms with E-state index in [0.717, 1.165) is 16.8 Å². The van der Waals surface area contributed by atoms with Gasteiger partial charge in [-0.05, 0) is 36.2 Å². The summed E-state index contributed by atoms with van der Waals surface area (Å²) in [7, 11) is 1.79. The molecule has 90 valence electrons. The fraction of sp³-hybridized carbons (Fsp3) is 0.308. The summed E-state index contributed by atoms with van der Waals surface area (Å²) in [6, 6.07) is 6.39. The van der Waals surface area contributed by atoms with Gasteiger partial charge in [-0.1, -0.05) is 6.07 Å². The Balaban J connectivity index is 2.19. The highest BCUT2D eigenvalue weighted by Gasteiger charge is 2.13. The molecule has 0 bridgehead atoms. The molecule has 0 radical (unpaired) electrons. The molecule has 0 aliphatic carbocycles. The number of aliphatic hydroxyl groups excluding tert-OH is 1. The maximum atomic E-state index is 12.9. The molecule has 0 saturated carbocycles. The van der Waals surface area contributed by atoms with Gasteiger partial charge in [0.1, 0.15) is 5.82 Å². The van der Waals surface area contributed by atoms with Crippen LogP contribution < -0.4 is 0 Å². The molecule has 17 heavy (non-hydrogen) atoms. The smallest absolute Gasteiger partial charge is 0.123 e. The van der Waals surface area contributed by atoms with Crippen molar-refractivity contribution in [2.24, 2.45) is 7.05 Å². The van der Waals surface area contributed by atoms with Crippen LogP contribution in [-0.2, 0) is 13.5 Å². The maximum absolute atomic E-state index is 12.9. The van der Waals surface area contributed by atoms with Gasteiger partial charge in [-0.25, -0.2) is 4.39 Å². The quantitative estimate of drug-likeness (QED) is 0.883. The van der Waals surface area contributed by atoms with Crippen molar-refractivity contribution in [3.05, 3.63) is 53.1 Å². The first-order valence-corrected chi connectivity index (χ1v) is 5.49. The summed E-state index contributed by atoms with van der Waals surface area (Å²) < 4.78 is 14.6. The molecular formula is C13H15FN2O. The summed E-state index contributed by atoms with van der Waals surface area (Å²) in [6.07, 6.45) is 1.49. The molecule has 0 spiro atoms. The zero-order valence-corrected chi connectivity index (χ0v) is 9.89. The highest BCUT2D eigenvalue weighted by Crippen LogP contribution is 2.20. The van der Waals surface area contributed by atoms with Gasteiger partial charge in [0, 0.05) is 19.7 Å². The number of aryl methyl sites for hydroxylation is 2. The topological polar surface area (TPSA) is 38.1 Å². The maximum Gasteiger partial charge on any atom is 0.123 e. The number of aromatic nitrogens is 2. The van der Waals surface area contributed by atoms with Crippen LogP contribution in [0.4, 0.5) is 4.39 Å². The molecule has 0 aliphatic heterocycles. The van der Waals surface area contributed by atoms with E-state index in [0.29, 0.717) is 6.42 Å². The third-order valence-corrected chi connectivity index (χ3v) is 2.92. The van der Waals surface area contributed by atoms with Crippen molar-refractivity contribution < 1.29 is 9.50 Å². The highest BCUT2D eigenvalue weighted by atomic mass is 19.1. The van der Waals surface area contributed by atoms with Gasteiger partial charge < -0.3 is 5.11 Å². The fourth-order valence-corrected chi connectivity index (χ4v) is 1.91. The van der Waals surface area contributed by atoms with Crippen LogP contribution in [0, 0.1) is 12.7 Å². The zero-order chi connectivity index (χ0) is 12.4. The minimum Gasteiger partial charge on any atom is -0.386 e. The van der Waals surface area contributed by atoms with Gasteiger partial charge in [0.2, 0.25) is 0 Å². The van der Waals surface area contributed by atoms with Crippen LogP contribution in [-0.4, -0.2) is 14.9 Å². The summed E-state index contributed by atoms with van der Waals surface area (Å²) in [6.45, 7) is 1.84. The Morgan fingerprint density at radius 3 is 2.76 bits per heavy atom. The van der Waals surface area contributed by atoms with E-state index in [9.17, 15) is 9.50 Å². The van der Waals surface area contributed by atoms with Crippen LogP contribution in [0.1, 0.15) is 22.9 Å². The zero-order valence-electron chi connectivity index (χ0n) is 9.89. The second-order valence-electron chi connectivity index (χ2n) is 4.17. The second-order valence-corrected chi connectivity index (χ2v) is 4.17. The van der Waals surface area contributed by atoms with Gasteiger partial charge in [-0.3, -0.25) is 4.68 Å². The Kier molecular flexibility index (Phi) is 3.24. The number of nitrogens with zero attached hydrogens (tertiary/aromatic N) is 2. The molecule has 1 heterocycles. The number of rotatable bonds is 3. The van der Waals surface area contributed by atoms with Gasteiger partial charge in [-0.15, -0.1) is 0 Å². The molecule has 2 aromatic rings. The van der Waals surface area contributed by atoms with Gasteiger partial charge in [-0.2, -0.15) is 5.10 Å². The molecule has 0 amide bonds. The van der Waals surface area contributed by atoms with Crippen molar-refractivity contribution in [3.8, 4) is 0 Å². The monoisotopic (exact) mass is 234 g/mol. The first-order valence-electron chi connectivity index (χ1n) is 5.49. The predicted octanol–water partition coefficient (Wildman–Crippen LogP) is 2.14. The number of hydrogen-bond donors (Lipinski definition) is 1. The number of benzene rings is 1. The first kappa shape index (κ1) is 11.8. The standard InChI is InChI=1S/C13H15FN2O/c1-9-7-11(14)4-3-10(9)8-13(17)12-5-6-15-16(12)2/h3-7,13,17H,8H2,1-2H3. The largest absolute Gasteiger partial charge is 0.386 e. The Hall–Kier alpha value is -1.68. The van der Waals surface area contributed by atoms with Crippen LogP contribution in [0.15, 0.2) is 30.5 Å². The van der Waals surface area contributed by atoms with Crippen LogP contribution in [0.2, 0.25) is 0 Å². The minimum absolute atomic E-state index is 0.249. The molecule has 1 unspecified atom stereocenters. The van der Waals surface area contributed by atoms with Crippen molar-refractivity contribution in [1.82, 2.24) is 9.78 Å². The van der Waals surface area contributed by atoms with Crippen LogP contribution in [0.5, 0.6) is 0 Å². The van der Waals surface area contributed by atoms with Crippen molar-refractivity contribution in [3.63, 3.8) is 0 Å². The van der Waals surface area contributed by atoms with Gasteiger partial charge >= 0.3 is 0 Å². The molecular weight excluding hydrogens is 219 g/mol. The number of aliphatic hydroxyl groups is 1. The van der Waals surface area contributed by atoms with E-state index in [1.807, 2.05) is 6.92 Å². The lowest BCUT2D eigenvalue weighted by Gasteiger charge is -2.12. The third kappa shape index (κ3) is 2.53. The van der Waals surface area contributed by atoms with Crippen molar-refractivity contribution in [2.75, 3.05) is 0 Å². The molecule has 0 fully saturated rings. The molecule has 2 rings (SSSR count). The van der Waals surface area contributed by atoms with E-state index in [-0.39, 0.29) is 5.82 Å². The van der Waals surface area contributed by atoms with Gasteiger partial charge in [0.25, 0.3) is 0 Å². The number of hydrogen-bond acceptors (Lipinski definition) is 2. The molecule has 1 aromatic heterocycles. The lowest BCUT2D eigenvalue weighted by atomic mass is 10.0. The predicted molar refractivity (Wildman–Crippen MR) is 63.0 cm³/mol. The lowest BCUT2D eigenvalue weighted by molar-refractivity contribution is 0.168. The summed E-state index contributed by atoms with van der Waals surface area (Å²) in [5.74, 6) is -0.249. The Morgan fingerprint density at radius 2 is 2.18 bits per heavy atom. The third-order valence-electron chi connectivity index (χ3n) is 2.92. The second kappa shape index (κ2) is 4.67. The molecule has 1 aromatic carbocycles. The Morgan fingerprint density at radius 1 is 1.41 bits per heavy atom. The fourth-order valence-electron chi connectivity index (χ4n) is 1.91. The molecule has 4 heteroatoms. The minimum atomic E-state index is -0.619. The Labute approximate surface area is 99.5 Å². The molecule has 3 nitrogen and oxygen atoms in total.